The Morgan fingerprint density at radius 2 is 1.95 bits per heavy atom. The van der Waals surface area contributed by atoms with Crippen LogP contribution in [0.15, 0.2) is 30.6 Å². The summed E-state index contributed by atoms with van der Waals surface area (Å²) in [6.07, 6.45) is 4.73. The molecule has 116 valence electrons. The first kappa shape index (κ1) is 15.0. The number of nitrogens with two attached hydrogens (primary N) is 1. The minimum absolute atomic E-state index is 0.348. The molecule has 3 rings (SSSR count). The fourth-order valence-electron chi connectivity index (χ4n) is 2.89. The van der Waals surface area contributed by atoms with Gasteiger partial charge in [0.2, 0.25) is 0 Å². The molecule has 4 nitrogen and oxygen atoms in total. The van der Waals surface area contributed by atoms with Crippen molar-refractivity contribution in [2.75, 3.05) is 11.9 Å². The number of benzene rings is 1. The fourth-order valence-corrected chi connectivity index (χ4v) is 2.89. The molecular formula is C18H24N4. The number of anilines is 1. The van der Waals surface area contributed by atoms with Crippen LogP contribution >= 0.6 is 0 Å². The third-order valence-corrected chi connectivity index (χ3v) is 4.57. The lowest BCUT2D eigenvalue weighted by Crippen LogP contribution is -2.35. The van der Waals surface area contributed by atoms with Crippen LogP contribution in [0, 0.1) is 13.8 Å². The highest BCUT2D eigenvalue weighted by Crippen LogP contribution is 2.34. The van der Waals surface area contributed by atoms with E-state index < -0.39 is 0 Å². The fraction of sp³-hybridized carbons (Fsp3) is 0.444. The summed E-state index contributed by atoms with van der Waals surface area (Å²) in [4.78, 5) is 8.69. The minimum atomic E-state index is 0.348. The summed E-state index contributed by atoms with van der Waals surface area (Å²) in [6, 6.07) is 9.06. The Hall–Kier alpha value is -1.94. The van der Waals surface area contributed by atoms with Gasteiger partial charge in [-0.05, 0) is 49.8 Å². The van der Waals surface area contributed by atoms with E-state index in [1.165, 1.54) is 16.7 Å². The Morgan fingerprint density at radius 3 is 2.68 bits per heavy atom. The molecule has 1 aromatic carbocycles. The number of rotatable bonds is 5. The Labute approximate surface area is 132 Å². The molecule has 2 aromatic rings. The van der Waals surface area contributed by atoms with Crippen LogP contribution in [0.5, 0.6) is 0 Å². The van der Waals surface area contributed by atoms with E-state index in [0.29, 0.717) is 12.0 Å². The molecule has 3 N–H and O–H groups in total. The number of aromatic nitrogens is 2. The molecule has 0 amide bonds. The molecule has 4 heteroatoms. The van der Waals surface area contributed by atoms with E-state index in [2.05, 4.69) is 53.4 Å². The molecule has 1 aliphatic rings. The summed E-state index contributed by atoms with van der Waals surface area (Å²) in [7, 11) is 0. The molecule has 0 unspecified atom stereocenters. The van der Waals surface area contributed by atoms with Gasteiger partial charge < -0.3 is 11.1 Å². The second kappa shape index (κ2) is 6.44. The van der Waals surface area contributed by atoms with Crippen molar-refractivity contribution in [2.45, 2.75) is 45.1 Å². The molecule has 1 aliphatic carbocycles. The van der Waals surface area contributed by atoms with Gasteiger partial charge in [0.25, 0.3) is 0 Å². The molecule has 22 heavy (non-hydrogen) atoms. The summed E-state index contributed by atoms with van der Waals surface area (Å²) in [5, 5.41) is 3.40. The maximum atomic E-state index is 5.85. The van der Waals surface area contributed by atoms with E-state index in [-0.39, 0.29) is 0 Å². The largest absolute Gasteiger partial charge is 0.370 e. The zero-order chi connectivity index (χ0) is 15.5. The first-order valence-corrected chi connectivity index (χ1v) is 7.99. The lowest BCUT2D eigenvalue weighted by atomic mass is 9.79. The van der Waals surface area contributed by atoms with E-state index in [1.54, 1.807) is 6.33 Å². The van der Waals surface area contributed by atoms with Crippen LogP contribution in [0.2, 0.25) is 0 Å². The molecular weight excluding hydrogens is 272 g/mol. The van der Waals surface area contributed by atoms with Crippen molar-refractivity contribution in [3.05, 3.63) is 53.0 Å². The Morgan fingerprint density at radius 1 is 1.14 bits per heavy atom. The Bertz CT molecular complexity index is 647. The van der Waals surface area contributed by atoms with Crippen molar-refractivity contribution < 1.29 is 0 Å². The third kappa shape index (κ3) is 3.45. The first-order chi connectivity index (χ1) is 10.6. The molecule has 1 heterocycles. The van der Waals surface area contributed by atoms with Crippen molar-refractivity contribution in [3.8, 4) is 0 Å². The first-order valence-electron chi connectivity index (χ1n) is 7.99. The highest BCUT2D eigenvalue weighted by molar-refractivity contribution is 5.37. The summed E-state index contributed by atoms with van der Waals surface area (Å²) >= 11 is 0. The van der Waals surface area contributed by atoms with E-state index in [9.17, 15) is 0 Å². The van der Waals surface area contributed by atoms with Gasteiger partial charge in [0.1, 0.15) is 12.1 Å². The SMILES string of the molecule is Cc1ccc(CCNc2cc(C3CC(N)C3)ncn2)cc1C. The van der Waals surface area contributed by atoms with Gasteiger partial charge >= 0.3 is 0 Å². The highest BCUT2D eigenvalue weighted by atomic mass is 15.0. The van der Waals surface area contributed by atoms with Gasteiger partial charge in [-0.2, -0.15) is 0 Å². The molecule has 0 spiro atoms. The summed E-state index contributed by atoms with van der Waals surface area (Å²) in [6.45, 7) is 5.18. The zero-order valence-electron chi connectivity index (χ0n) is 13.3. The monoisotopic (exact) mass is 296 g/mol. The normalized spacial score (nSPS) is 20.5. The number of hydrogen-bond donors (Lipinski definition) is 2. The average Bonchev–Trinajstić information content (AvgIpc) is 2.48. The van der Waals surface area contributed by atoms with E-state index in [4.69, 9.17) is 5.73 Å². The van der Waals surface area contributed by atoms with Crippen LogP contribution in [0.1, 0.15) is 41.1 Å². The molecule has 0 saturated heterocycles. The highest BCUT2D eigenvalue weighted by Gasteiger charge is 2.28. The second-order valence-corrected chi connectivity index (χ2v) is 6.35. The third-order valence-electron chi connectivity index (χ3n) is 4.57. The smallest absolute Gasteiger partial charge is 0.129 e. The second-order valence-electron chi connectivity index (χ2n) is 6.35. The Kier molecular flexibility index (Phi) is 4.39. The van der Waals surface area contributed by atoms with Gasteiger partial charge in [0, 0.05) is 30.3 Å². The zero-order valence-corrected chi connectivity index (χ0v) is 13.3. The van der Waals surface area contributed by atoms with Crippen LogP contribution in [0.4, 0.5) is 5.82 Å². The number of nitrogens with zero attached hydrogens (tertiary/aromatic N) is 2. The average molecular weight is 296 g/mol. The minimum Gasteiger partial charge on any atom is -0.370 e. The van der Waals surface area contributed by atoms with Crippen molar-refractivity contribution in [3.63, 3.8) is 0 Å². The van der Waals surface area contributed by atoms with Crippen LogP contribution < -0.4 is 11.1 Å². The molecule has 1 fully saturated rings. The van der Waals surface area contributed by atoms with Crippen LogP contribution in [0.25, 0.3) is 0 Å². The topological polar surface area (TPSA) is 63.8 Å². The molecule has 0 atom stereocenters. The van der Waals surface area contributed by atoms with E-state index in [1.807, 2.05) is 0 Å². The summed E-state index contributed by atoms with van der Waals surface area (Å²) in [5.41, 5.74) is 11.0. The summed E-state index contributed by atoms with van der Waals surface area (Å²) in [5.74, 6) is 1.42. The molecule has 0 aliphatic heterocycles. The standard InChI is InChI=1S/C18H24N4/c1-12-3-4-14(7-13(12)2)5-6-20-18-10-17(21-11-22-18)15-8-16(19)9-15/h3-4,7,10-11,15-16H,5-6,8-9,19H2,1-2H3,(H,20,21,22). The predicted octanol–water partition coefficient (Wildman–Crippen LogP) is 2.95. The van der Waals surface area contributed by atoms with E-state index >= 15 is 0 Å². The van der Waals surface area contributed by atoms with Crippen molar-refractivity contribution in [1.29, 1.82) is 0 Å². The number of aryl methyl sites for hydroxylation is 2. The van der Waals surface area contributed by atoms with Gasteiger partial charge in [0.05, 0.1) is 0 Å². The summed E-state index contributed by atoms with van der Waals surface area (Å²) < 4.78 is 0. The lowest BCUT2D eigenvalue weighted by molar-refractivity contribution is 0.345. The van der Waals surface area contributed by atoms with Crippen LogP contribution in [0.3, 0.4) is 0 Å². The van der Waals surface area contributed by atoms with Crippen LogP contribution in [-0.2, 0) is 6.42 Å². The maximum Gasteiger partial charge on any atom is 0.129 e. The molecule has 1 saturated carbocycles. The molecule has 0 bridgehead atoms. The Balaban J connectivity index is 1.55. The van der Waals surface area contributed by atoms with E-state index in [0.717, 1.165) is 37.3 Å². The van der Waals surface area contributed by atoms with Crippen molar-refractivity contribution >= 4 is 5.82 Å². The molecule has 0 radical (unpaired) electrons. The van der Waals surface area contributed by atoms with Gasteiger partial charge in [-0.25, -0.2) is 9.97 Å². The quantitative estimate of drug-likeness (QED) is 0.890. The van der Waals surface area contributed by atoms with Gasteiger partial charge in [-0.3, -0.25) is 0 Å². The molecule has 1 aromatic heterocycles. The van der Waals surface area contributed by atoms with Crippen molar-refractivity contribution in [1.82, 2.24) is 9.97 Å². The van der Waals surface area contributed by atoms with Crippen LogP contribution in [-0.4, -0.2) is 22.6 Å². The van der Waals surface area contributed by atoms with Gasteiger partial charge in [-0.15, -0.1) is 0 Å². The van der Waals surface area contributed by atoms with Gasteiger partial charge in [0.15, 0.2) is 0 Å². The maximum absolute atomic E-state index is 5.85. The van der Waals surface area contributed by atoms with Gasteiger partial charge in [-0.1, -0.05) is 18.2 Å². The predicted molar refractivity (Wildman–Crippen MR) is 90.1 cm³/mol. The van der Waals surface area contributed by atoms with Crippen molar-refractivity contribution in [2.24, 2.45) is 5.73 Å². The number of hydrogen-bond acceptors (Lipinski definition) is 4. The number of nitrogens with one attached hydrogen (secondary N) is 1. The lowest BCUT2D eigenvalue weighted by Gasteiger charge is -2.31.